The molecule has 130 valence electrons. The first-order valence-electron chi connectivity index (χ1n) is 7.78. The van der Waals surface area contributed by atoms with Crippen LogP contribution in [0.25, 0.3) is 16.2 Å². The van der Waals surface area contributed by atoms with E-state index in [4.69, 9.17) is 9.26 Å². The van der Waals surface area contributed by atoms with Crippen molar-refractivity contribution in [2.45, 2.75) is 13.5 Å². The number of hydrogen-bond donors (Lipinski definition) is 0. The van der Waals surface area contributed by atoms with Gasteiger partial charge in [-0.1, -0.05) is 35.5 Å². The van der Waals surface area contributed by atoms with Crippen molar-refractivity contribution in [1.82, 2.24) is 14.5 Å². The van der Waals surface area contributed by atoms with E-state index >= 15 is 0 Å². The van der Waals surface area contributed by atoms with Crippen LogP contribution in [-0.4, -0.2) is 20.5 Å². The number of fused-ring (bicyclic) bond motifs is 1. The first kappa shape index (κ1) is 16.2. The Balaban J connectivity index is 1.59. The van der Waals surface area contributed by atoms with Gasteiger partial charge in [-0.05, 0) is 6.92 Å². The van der Waals surface area contributed by atoms with Gasteiger partial charge in [0.25, 0.3) is 5.56 Å². The van der Waals surface area contributed by atoms with E-state index in [0.717, 1.165) is 5.56 Å². The fourth-order valence-corrected chi connectivity index (χ4v) is 3.32. The second-order valence-electron chi connectivity index (χ2n) is 5.55. The minimum absolute atomic E-state index is 0.110. The van der Waals surface area contributed by atoms with E-state index in [2.05, 4.69) is 10.1 Å². The van der Waals surface area contributed by atoms with Crippen molar-refractivity contribution in [1.29, 1.82) is 0 Å². The maximum absolute atomic E-state index is 12.6. The lowest BCUT2D eigenvalue weighted by molar-refractivity contribution is 0.0466. The van der Waals surface area contributed by atoms with Crippen LogP contribution < -0.4 is 5.56 Å². The minimum Gasteiger partial charge on any atom is -0.455 e. The summed E-state index contributed by atoms with van der Waals surface area (Å²) in [6, 6.07) is 10.6. The van der Waals surface area contributed by atoms with E-state index in [1.165, 1.54) is 21.8 Å². The van der Waals surface area contributed by atoms with Gasteiger partial charge in [0.15, 0.2) is 4.96 Å². The number of hydrogen-bond acceptors (Lipinski definition) is 7. The third kappa shape index (κ3) is 2.91. The topological polar surface area (TPSA) is 86.7 Å². The molecule has 4 rings (SSSR count). The third-order valence-electron chi connectivity index (χ3n) is 3.82. The van der Waals surface area contributed by atoms with Gasteiger partial charge in [-0.3, -0.25) is 9.20 Å². The lowest BCUT2D eigenvalue weighted by atomic mass is 10.1. The molecule has 26 heavy (non-hydrogen) atoms. The molecule has 0 atom stereocenters. The van der Waals surface area contributed by atoms with E-state index < -0.39 is 5.97 Å². The van der Waals surface area contributed by atoms with Crippen LogP contribution in [0.2, 0.25) is 0 Å². The van der Waals surface area contributed by atoms with Crippen LogP contribution in [0.5, 0.6) is 0 Å². The molecule has 8 heteroatoms. The summed E-state index contributed by atoms with van der Waals surface area (Å²) in [6.45, 7) is 1.54. The Bertz CT molecular complexity index is 1140. The molecule has 0 radical (unpaired) electrons. The van der Waals surface area contributed by atoms with Crippen molar-refractivity contribution in [3.63, 3.8) is 0 Å². The summed E-state index contributed by atoms with van der Waals surface area (Å²) in [7, 11) is 0. The number of aromatic nitrogens is 3. The maximum atomic E-state index is 12.6. The van der Waals surface area contributed by atoms with Crippen LogP contribution in [0.1, 0.15) is 21.8 Å². The number of aryl methyl sites for hydroxylation is 1. The van der Waals surface area contributed by atoms with Crippen LogP contribution in [0.3, 0.4) is 0 Å². The standard InChI is InChI=1S/C18H13N3O4S/c1-11-15(16(20-25-11)12-5-3-2-4-6-12)17(23)24-10-13-9-14(22)21-7-8-26-18(21)19-13/h2-9H,10H2,1H3. The van der Waals surface area contributed by atoms with Gasteiger partial charge < -0.3 is 9.26 Å². The number of thiazole rings is 1. The molecule has 0 amide bonds. The molecule has 0 aliphatic heterocycles. The second-order valence-corrected chi connectivity index (χ2v) is 6.42. The van der Waals surface area contributed by atoms with E-state index in [9.17, 15) is 9.59 Å². The SMILES string of the molecule is Cc1onc(-c2ccccc2)c1C(=O)OCc1cc(=O)n2ccsc2n1. The van der Waals surface area contributed by atoms with Gasteiger partial charge in [-0.2, -0.15) is 0 Å². The smallest absolute Gasteiger partial charge is 0.344 e. The summed E-state index contributed by atoms with van der Waals surface area (Å²) in [4.78, 5) is 29.4. The van der Waals surface area contributed by atoms with Gasteiger partial charge in [0.2, 0.25) is 0 Å². The zero-order chi connectivity index (χ0) is 18.1. The van der Waals surface area contributed by atoms with E-state index in [-0.39, 0.29) is 17.7 Å². The highest BCUT2D eigenvalue weighted by atomic mass is 32.1. The van der Waals surface area contributed by atoms with Gasteiger partial charge in [0, 0.05) is 23.2 Å². The molecule has 4 aromatic rings. The van der Waals surface area contributed by atoms with Crippen molar-refractivity contribution in [2.75, 3.05) is 0 Å². The molecule has 3 heterocycles. The summed E-state index contributed by atoms with van der Waals surface area (Å²) in [5.74, 6) is -0.202. The molecule has 0 saturated heterocycles. The van der Waals surface area contributed by atoms with Crippen LogP contribution in [0.15, 0.2) is 57.3 Å². The number of rotatable bonds is 4. The van der Waals surface area contributed by atoms with Crippen LogP contribution in [-0.2, 0) is 11.3 Å². The highest BCUT2D eigenvalue weighted by Crippen LogP contribution is 2.25. The lowest BCUT2D eigenvalue weighted by Gasteiger charge is -2.05. The average molecular weight is 367 g/mol. The number of nitrogens with zero attached hydrogens (tertiary/aromatic N) is 3. The number of benzene rings is 1. The van der Waals surface area contributed by atoms with Crippen molar-refractivity contribution in [2.24, 2.45) is 0 Å². The molecule has 7 nitrogen and oxygen atoms in total. The predicted molar refractivity (Wildman–Crippen MR) is 95.1 cm³/mol. The molecule has 0 aliphatic rings. The summed E-state index contributed by atoms with van der Waals surface area (Å²) in [6.07, 6.45) is 1.65. The van der Waals surface area contributed by atoms with Crippen molar-refractivity contribution < 1.29 is 14.1 Å². The molecule has 1 aromatic carbocycles. The second kappa shape index (κ2) is 6.57. The Kier molecular flexibility index (Phi) is 4.10. The van der Waals surface area contributed by atoms with Gasteiger partial charge in [-0.25, -0.2) is 9.78 Å². The Morgan fingerprint density at radius 2 is 2.12 bits per heavy atom. The Morgan fingerprint density at radius 1 is 1.31 bits per heavy atom. The number of ether oxygens (including phenoxy) is 1. The quantitative estimate of drug-likeness (QED) is 0.515. The Hall–Kier alpha value is -3.26. The van der Waals surface area contributed by atoms with Gasteiger partial charge in [0.1, 0.15) is 23.6 Å². The van der Waals surface area contributed by atoms with Crippen molar-refractivity contribution in [3.05, 3.63) is 75.3 Å². The lowest BCUT2D eigenvalue weighted by Crippen LogP contribution is -2.15. The van der Waals surface area contributed by atoms with Crippen molar-refractivity contribution in [3.8, 4) is 11.3 Å². The predicted octanol–water partition coefficient (Wildman–Crippen LogP) is 3.08. The first-order chi connectivity index (χ1) is 12.6. The summed E-state index contributed by atoms with van der Waals surface area (Å²) in [5, 5.41) is 5.74. The Morgan fingerprint density at radius 3 is 2.92 bits per heavy atom. The summed E-state index contributed by atoms with van der Waals surface area (Å²) in [5.41, 5.74) is 1.63. The normalized spacial score (nSPS) is 11.0. The highest BCUT2D eigenvalue weighted by Gasteiger charge is 2.23. The fourth-order valence-electron chi connectivity index (χ4n) is 2.58. The summed E-state index contributed by atoms with van der Waals surface area (Å²) >= 11 is 1.34. The minimum atomic E-state index is -0.573. The zero-order valence-corrected chi connectivity index (χ0v) is 14.5. The maximum Gasteiger partial charge on any atom is 0.344 e. The van der Waals surface area contributed by atoms with Gasteiger partial charge in [0.05, 0.1) is 5.69 Å². The summed E-state index contributed by atoms with van der Waals surface area (Å²) < 4.78 is 12.0. The van der Waals surface area contributed by atoms with Gasteiger partial charge in [-0.15, -0.1) is 11.3 Å². The van der Waals surface area contributed by atoms with Gasteiger partial charge >= 0.3 is 5.97 Å². The zero-order valence-electron chi connectivity index (χ0n) is 13.7. The monoisotopic (exact) mass is 367 g/mol. The van der Waals surface area contributed by atoms with Crippen LogP contribution >= 0.6 is 11.3 Å². The first-order valence-corrected chi connectivity index (χ1v) is 8.66. The van der Waals surface area contributed by atoms with Crippen LogP contribution in [0, 0.1) is 6.92 Å². The van der Waals surface area contributed by atoms with E-state index in [1.54, 1.807) is 18.5 Å². The molecular formula is C18H13N3O4S. The molecule has 0 spiro atoms. The third-order valence-corrected chi connectivity index (χ3v) is 4.58. The number of carbonyl (C=O) groups is 1. The molecule has 3 aromatic heterocycles. The molecule has 0 fully saturated rings. The Labute approximate surface area is 151 Å². The van der Waals surface area contributed by atoms with Crippen molar-refractivity contribution >= 4 is 22.3 Å². The molecule has 0 unspecified atom stereocenters. The molecule has 0 saturated carbocycles. The highest BCUT2D eigenvalue weighted by molar-refractivity contribution is 7.15. The molecular weight excluding hydrogens is 354 g/mol. The fraction of sp³-hybridized carbons (Fsp3) is 0.111. The number of esters is 1. The van der Waals surface area contributed by atoms with E-state index in [1.807, 2.05) is 30.3 Å². The largest absolute Gasteiger partial charge is 0.455 e. The molecule has 0 aliphatic carbocycles. The molecule has 0 bridgehead atoms. The van der Waals surface area contributed by atoms with E-state index in [0.29, 0.717) is 22.1 Å². The van der Waals surface area contributed by atoms with Crippen LogP contribution in [0.4, 0.5) is 0 Å². The molecule has 0 N–H and O–H groups in total. The average Bonchev–Trinajstić information content (AvgIpc) is 3.27. The number of carbonyl (C=O) groups excluding carboxylic acids is 1.